The van der Waals surface area contributed by atoms with Gasteiger partial charge in [-0.1, -0.05) is 6.92 Å². The van der Waals surface area contributed by atoms with Crippen molar-refractivity contribution < 1.29 is 9.90 Å². The van der Waals surface area contributed by atoms with Gasteiger partial charge >= 0.3 is 0 Å². The molecule has 16 heavy (non-hydrogen) atoms. The second kappa shape index (κ2) is 3.32. The number of rotatable bonds is 1. The molecule has 0 radical (unpaired) electrons. The number of Topliss-reactive ketones (excluding diaryl/α,β-unsaturated/α-hetero) is 1. The van der Waals surface area contributed by atoms with E-state index in [1.54, 1.807) is 6.92 Å². The molecule has 3 aliphatic rings. The largest absolute Gasteiger partial charge is 0.393 e. The van der Waals surface area contributed by atoms with E-state index in [0.717, 1.165) is 31.6 Å². The number of carbonyl (C=O) groups is 1. The molecule has 1 N–H and O–H groups in total. The zero-order chi connectivity index (χ0) is 11.5. The minimum Gasteiger partial charge on any atom is -0.393 e. The molecule has 3 aliphatic carbocycles. The van der Waals surface area contributed by atoms with Crippen LogP contribution in [0.2, 0.25) is 0 Å². The number of hydrogen-bond acceptors (Lipinski definition) is 2. The fourth-order valence-corrected chi connectivity index (χ4v) is 5.05. The Labute approximate surface area is 97.4 Å². The molecule has 3 rings (SSSR count). The summed E-state index contributed by atoms with van der Waals surface area (Å²) in [6, 6.07) is 0. The maximum atomic E-state index is 12.1. The number of aliphatic hydroxyl groups excluding tert-OH is 1. The molecule has 0 aromatic rings. The second-order valence-electron chi connectivity index (χ2n) is 6.62. The highest BCUT2D eigenvalue weighted by Gasteiger charge is 2.57. The monoisotopic (exact) mass is 222 g/mol. The SMILES string of the molecule is CC(=O)C12CC3CC(CC1C3)C(O)C(C)C2. The van der Waals surface area contributed by atoms with Gasteiger partial charge in [0.25, 0.3) is 0 Å². The zero-order valence-corrected chi connectivity index (χ0v) is 10.3. The van der Waals surface area contributed by atoms with Crippen molar-refractivity contribution in [1.29, 1.82) is 0 Å². The summed E-state index contributed by atoms with van der Waals surface area (Å²) in [5, 5.41) is 10.3. The lowest BCUT2D eigenvalue weighted by molar-refractivity contribution is -0.129. The van der Waals surface area contributed by atoms with E-state index < -0.39 is 0 Å². The van der Waals surface area contributed by atoms with Crippen molar-refractivity contribution in [2.45, 2.75) is 52.1 Å². The van der Waals surface area contributed by atoms with Crippen LogP contribution in [0.4, 0.5) is 0 Å². The first-order chi connectivity index (χ1) is 7.53. The first kappa shape index (κ1) is 10.8. The summed E-state index contributed by atoms with van der Waals surface area (Å²) in [6.07, 6.45) is 5.39. The lowest BCUT2D eigenvalue weighted by atomic mass is 9.70. The van der Waals surface area contributed by atoms with Crippen LogP contribution in [0.15, 0.2) is 0 Å². The average molecular weight is 222 g/mol. The van der Waals surface area contributed by atoms with E-state index >= 15 is 0 Å². The van der Waals surface area contributed by atoms with Gasteiger partial charge in [-0.3, -0.25) is 4.79 Å². The van der Waals surface area contributed by atoms with Gasteiger partial charge in [-0.2, -0.15) is 0 Å². The highest BCUT2D eigenvalue weighted by molar-refractivity contribution is 5.83. The molecular formula is C14H22O2. The Hall–Kier alpha value is -0.370. The van der Waals surface area contributed by atoms with Gasteiger partial charge in [0, 0.05) is 5.41 Å². The van der Waals surface area contributed by atoms with Crippen LogP contribution < -0.4 is 0 Å². The Kier molecular flexibility index (Phi) is 2.23. The predicted molar refractivity (Wildman–Crippen MR) is 61.8 cm³/mol. The van der Waals surface area contributed by atoms with Gasteiger partial charge in [-0.25, -0.2) is 0 Å². The van der Waals surface area contributed by atoms with Gasteiger partial charge in [0.2, 0.25) is 0 Å². The van der Waals surface area contributed by atoms with E-state index in [2.05, 4.69) is 6.92 Å². The average Bonchev–Trinajstić information content (AvgIpc) is 2.46. The molecular weight excluding hydrogens is 200 g/mol. The summed E-state index contributed by atoms with van der Waals surface area (Å²) in [5.41, 5.74) is -0.0592. The fourth-order valence-electron chi connectivity index (χ4n) is 5.05. The molecule has 0 aromatic heterocycles. The molecule has 2 nitrogen and oxygen atoms in total. The van der Waals surface area contributed by atoms with E-state index in [9.17, 15) is 9.90 Å². The lowest BCUT2D eigenvalue weighted by Gasteiger charge is -2.33. The Morgan fingerprint density at radius 1 is 1.25 bits per heavy atom. The molecule has 0 aromatic carbocycles. The second-order valence-corrected chi connectivity index (χ2v) is 6.62. The van der Waals surface area contributed by atoms with Gasteiger partial charge in [0.1, 0.15) is 5.78 Å². The lowest BCUT2D eigenvalue weighted by Crippen LogP contribution is -2.35. The quantitative estimate of drug-likeness (QED) is 0.739. The Morgan fingerprint density at radius 3 is 2.69 bits per heavy atom. The first-order valence-electron chi connectivity index (χ1n) is 6.72. The van der Waals surface area contributed by atoms with E-state index in [0.29, 0.717) is 23.5 Å². The van der Waals surface area contributed by atoms with Crippen LogP contribution in [0.3, 0.4) is 0 Å². The Bertz CT molecular complexity index is 325. The van der Waals surface area contributed by atoms with Crippen molar-refractivity contribution in [1.82, 2.24) is 0 Å². The normalized spacial score (nSPS) is 55.1. The zero-order valence-electron chi connectivity index (χ0n) is 10.3. The maximum absolute atomic E-state index is 12.1. The summed E-state index contributed by atoms with van der Waals surface area (Å²) >= 11 is 0. The van der Waals surface area contributed by atoms with E-state index in [1.807, 2.05) is 0 Å². The molecule has 3 fully saturated rings. The van der Waals surface area contributed by atoms with Crippen LogP contribution in [0, 0.1) is 29.1 Å². The highest BCUT2D eigenvalue weighted by Crippen LogP contribution is 2.61. The molecule has 0 heterocycles. The van der Waals surface area contributed by atoms with Crippen molar-refractivity contribution in [2.24, 2.45) is 29.1 Å². The number of ketones is 1. The van der Waals surface area contributed by atoms with Crippen LogP contribution >= 0.6 is 0 Å². The summed E-state index contributed by atoms with van der Waals surface area (Å²) in [4.78, 5) is 12.1. The summed E-state index contributed by atoms with van der Waals surface area (Å²) in [5.74, 6) is 2.46. The van der Waals surface area contributed by atoms with E-state index in [1.165, 1.54) is 6.42 Å². The van der Waals surface area contributed by atoms with Gasteiger partial charge in [0.05, 0.1) is 6.10 Å². The number of fused-ring (bicyclic) bond motifs is 2. The fraction of sp³-hybridized carbons (Fsp3) is 0.929. The predicted octanol–water partition coefficient (Wildman–Crippen LogP) is 2.40. The smallest absolute Gasteiger partial charge is 0.136 e. The molecule has 6 atom stereocenters. The van der Waals surface area contributed by atoms with Crippen molar-refractivity contribution >= 4 is 5.78 Å². The van der Waals surface area contributed by atoms with Gasteiger partial charge in [-0.05, 0) is 62.7 Å². The van der Waals surface area contributed by atoms with Gasteiger partial charge in [-0.15, -0.1) is 0 Å². The molecule has 0 spiro atoms. The van der Waals surface area contributed by atoms with Crippen LogP contribution in [-0.2, 0) is 4.79 Å². The third-order valence-electron chi connectivity index (χ3n) is 5.73. The minimum atomic E-state index is -0.160. The molecule has 6 unspecified atom stereocenters. The van der Waals surface area contributed by atoms with Crippen molar-refractivity contribution in [3.05, 3.63) is 0 Å². The highest BCUT2D eigenvalue weighted by atomic mass is 16.3. The standard InChI is InChI=1S/C14H22O2/c1-8-6-14(9(2)15)7-10-3-11(13(8)16)5-12(14)4-10/h8,10-13,16H,3-7H2,1-2H3. The van der Waals surface area contributed by atoms with Crippen LogP contribution in [0.1, 0.15) is 46.0 Å². The molecule has 2 heteroatoms. The topological polar surface area (TPSA) is 37.3 Å². The van der Waals surface area contributed by atoms with Gasteiger partial charge in [0.15, 0.2) is 0 Å². The summed E-state index contributed by atoms with van der Waals surface area (Å²) in [6.45, 7) is 3.91. The van der Waals surface area contributed by atoms with Crippen LogP contribution in [-0.4, -0.2) is 17.0 Å². The third-order valence-corrected chi connectivity index (χ3v) is 5.73. The molecule has 3 saturated carbocycles. The number of aliphatic hydroxyl groups is 1. The van der Waals surface area contributed by atoms with Crippen molar-refractivity contribution in [2.75, 3.05) is 0 Å². The number of carbonyl (C=O) groups excluding carboxylic acids is 1. The third kappa shape index (κ3) is 1.25. The van der Waals surface area contributed by atoms with Crippen LogP contribution in [0.5, 0.6) is 0 Å². The molecule has 90 valence electrons. The molecule has 0 amide bonds. The molecule has 3 bridgehead atoms. The minimum absolute atomic E-state index is 0.0592. The Balaban J connectivity index is 2.02. The first-order valence-corrected chi connectivity index (χ1v) is 6.72. The van der Waals surface area contributed by atoms with E-state index in [-0.39, 0.29) is 11.5 Å². The molecule has 0 aliphatic heterocycles. The number of hydrogen-bond donors (Lipinski definition) is 1. The summed E-state index contributed by atoms with van der Waals surface area (Å²) < 4.78 is 0. The molecule has 0 saturated heterocycles. The Morgan fingerprint density at radius 2 is 2.00 bits per heavy atom. The van der Waals surface area contributed by atoms with Crippen LogP contribution in [0.25, 0.3) is 0 Å². The van der Waals surface area contributed by atoms with Gasteiger partial charge < -0.3 is 5.11 Å². The summed E-state index contributed by atoms with van der Waals surface area (Å²) in [7, 11) is 0. The van der Waals surface area contributed by atoms with Crippen molar-refractivity contribution in [3.63, 3.8) is 0 Å². The van der Waals surface area contributed by atoms with E-state index in [4.69, 9.17) is 0 Å². The van der Waals surface area contributed by atoms with Crippen molar-refractivity contribution in [3.8, 4) is 0 Å². The maximum Gasteiger partial charge on any atom is 0.136 e.